The molecule has 14 heteroatoms. The lowest BCUT2D eigenvalue weighted by molar-refractivity contribution is 0.450. The van der Waals surface area contributed by atoms with Crippen molar-refractivity contribution < 1.29 is 9.47 Å². The number of rotatable bonds is 2. The van der Waals surface area contributed by atoms with Crippen LogP contribution in [0.4, 0.5) is 11.4 Å². The first-order valence-corrected chi connectivity index (χ1v) is 13.8. The quantitative estimate of drug-likeness (QED) is 0.234. The molecule has 38 heavy (non-hydrogen) atoms. The van der Waals surface area contributed by atoms with E-state index in [1.54, 1.807) is 21.3 Å². The molecule has 4 heterocycles. The molecule has 0 aliphatic carbocycles. The number of nitrogens with zero attached hydrogens (tertiary/aromatic N) is 4. The lowest BCUT2D eigenvalue weighted by Gasteiger charge is -2.22. The maximum absolute atomic E-state index is 12.5. The molecule has 0 radical (unpaired) electrons. The molecule has 0 unspecified atom stereocenters. The number of hydrogen-bond acceptors (Lipinski definition) is 6. The lowest BCUT2D eigenvalue weighted by atomic mass is 10.2. The molecule has 0 saturated carbocycles. The maximum Gasteiger partial charge on any atom is 0.326 e. The lowest BCUT2D eigenvalue weighted by Crippen LogP contribution is -2.22. The van der Waals surface area contributed by atoms with E-state index in [9.17, 15) is 9.59 Å². The molecule has 5 aromatic rings. The average Bonchev–Trinajstić information content (AvgIpc) is 3.41. The van der Waals surface area contributed by atoms with Crippen molar-refractivity contribution in [3.05, 3.63) is 62.8 Å². The van der Waals surface area contributed by atoms with E-state index in [4.69, 9.17) is 42.7 Å². The minimum Gasteiger partial charge on any atom is -0.451 e. The van der Waals surface area contributed by atoms with Gasteiger partial charge in [-0.15, -0.1) is 0 Å². The molecular weight excluding hydrogens is 667 g/mol. The SMILES string of the molecule is CCn1c(=O)[nH]c2cc3c(cc21)Oc1c(Cl)c2c(c(Cl)c1=N3)Oc1c(c(Br)c3[nH]c(=O)n(CC)c3c1Br)N=2. The van der Waals surface area contributed by atoms with Gasteiger partial charge < -0.3 is 19.4 Å². The number of fused-ring (bicyclic) bond motifs is 6. The van der Waals surface area contributed by atoms with Crippen molar-refractivity contribution in [2.75, 3.05) is 0 Å². The highest BCUT2D eigenvalue weighted by atomic mass is 79.9. The summed E-state index contributed by atoms with van der Waals surface area (Å²) in [5.74, 6) is 1.22. The molecule has 2 aliphatic heterocycles. The number of aromatic amines is 2. The minimum atomic E-state index is -0.259. The largest absolute Gasteiger partial charge is 0.451 e. The van der Waals surface area contributed by atoms with Crippen molar-refractivity contribution in [1.82, 2.24) is 19.1 Å². The first-order chi connectivity index (χ1) is 18.2. The topological polar surface area (TPSA) is 119 Å². The molecule has 0 bridgehead atoms. The van der Waals surface area contributed by atoms with Crippen LogP contribution in [-0.2, 0) is 13.1 Å². The van der Waals surface area contributed by atoms with E-state index in [0.717, 1.165) is 0 Å². The Morgan fingerprint density at radius 3 is 2.24 bits per heavy atom. The monoisotopic (exact) mass is 678 g/mol. The molecule has 7 rings (SSSR count). The fourth-order valence-electron chi connectivity index (χ4n) is 4.89. The Kier molecular flexibility index (Phi) is 5.19. The van der Waals surface area contributed by atoms with E-state index in [0.29, 0.717) is 67.0 Å². The maximum atomic E-state index is 12.5. The zero-order chi connectivity index (χ0) is 26.6. The molecule has 2 aliphatic rings. The first-order valence-electron chi connectivity index (χ1n) is 11.5. The Hall–Kier alpha value is -3.06. The third-order valence-electron chi connectivity index (χ3n) is 6.64. The number of nitrogens with one attached hydrogen (secondary N) is 2. The summed E-state index contributed by atoms with van der Waals surface area (Å²) in [6, 6.07) is 3.47. The van der Waals surface area contributed by atoms with Crippen molar-refractivity contribution in [3.63, 3.8) is 0 Å². The first kappa shape index (κ1) is 24.0. The number of halogens is 4. The summed E-state index contributed by atoms with van der Waals surface area (Å²) in [6.45, 7) is 4.70. The number of hydrogen-bond donors (Lipinski definition) is 2. The predicted molar refractivity (Wildman–Crippen MR) is 150 cm³/mol. The van der Waals surface area contributed by atoms with Crippen LogP contribution in [0.5, 0.6) is 23.0 Å². The molecule has 0 saturated heterocycles. The van der Waals surface area contributed by atoms with Gasteiger partial charge in [0.15, 0.2) is 23.0 Å². The van der Waals surface area contributed by atoms with E-state index in [2.05, 4.69) is 41.8 Å². The van der Waals surface area contributed by atoms with Crippen LogP contribution in [0.1, 0.15) is 13.8 Å². The number of imidazole rings is 2. The third-order valence-corrected chi connectivity index (χ3v) is 8.85. The highest BCUT2D eigenvalue weighted by Gasteiger charge is 2.31. The summed E-state index contributed by atoms with van der Waals surface area (Å²) in [4.78, 5) is 40.0. The van der Waals surface area contributed by atoms with Crippen LogP contribution >= 0.6 is 55.1 Å². The number of benzene rings is 3. The van der Waals surface area contributed by atoms with Gasteiger partial charge in [0.1, 0.15) is 32.1 Å². The second-order valence-electron chi connectivity index (χ2n) is 8.63. The van der Waals surface area contributed by atoms with Crippen LogP contribution in [0.25, 0.3) is 22.1 Å². The Balaban J connectivity index is 1.51. The molecule has 2 N–H and O–H groups in total. The fourth-order valence-corrected chi connectivity index (χ4v) is 6.64. The Labute approximate surface area is 238 Å². The summed E-state index contributed by atoms with van der Waals surface area (Å²) in [6.07, 6.45) is 0. The Bertz CT molecular complexity index is 2160. The van der Waals surface area contributed by atoms with Gasteiger partial charge in [-0.3, -0.25) is 9.13 Å². The van der Waals surface area contributed by atoms with Gasteiger partial charge >= 0.3 is 11.4 Å². The van der Waals surface area contributed by atoms with Crippen LogP contribution in [0.3, 0.4) is 0 Å². The van der Waals surface area contributed by atoms with Gasteiger partial charge in [-0.1, -0.05) is 23.2 Å². The van der Waals surface area contributed by atoms with Crippen LogP contribution in [-0.4, -0.2) is 19.1 Å². The molecule has 0 amide bonds. The van der Waals surface area contributed by atoms with Crippen molar-refractivity contribution in [2.24, 2.45) is 9.98 Å². The molecule has 2 aromatic heterocycles. The second-order valence-corrected chi connectivity index (χ2v) is 11.0. The number of H-pyrrole nitrogens is 2. The van der Waals surface area contributed by atoms with Gasteiger partial charge in [-0.2, -0.15) is 0 Å². The molecule has 10 nitrogen and oxygen atoms in total. The van der Waals surface area contributed by atoms with Gasteiger partial charge in [0, 0.05) is 19.2 Å². The average molecular weight is 681 g/mol. The smallest absolute Gasteiger partial charge is 0.326 e. The molecule has 0 fully saturated rings. The van der Waals surface area contributed by atoms with E-state index >= 15 is 0 Å². The number of ether oxygens (including phenoxy) is 2. The van der Waals surface area contributed by atoms with Crippen LogP contribution in [0, 0.1) is 0 Å². The summed E-state index contributed by atoms with van der Waals surface area (Å²) >= 11 is 20.8. The Morgan fingerprint density at radius 2 is 1.53 bits per heavy atom. The van der Waals surface area contributed by atoms with E-state index in [-0.39, 0.29) is 43.6 Å². The predicted octanol–water partition coefficient (Wildman–Crippen LogP) is 5.96. The highest BCUT2D eigenvalue weighted by Crippen LogP contribution is 2.51. The van der Waals surface area contributed by atoms with Crippen molar-refractivity contribution in [3.8, 4) is 23.0 Å². The second kappa shape index (κ2) is 8.22. The van der Waals surface area contributed by atoms with E-state index in [1.807, 2.05) is 13.8 Å². The van der Waals surface area contributed by atoms with Crippen molar-refractivity contribution in [1.29, 1.82) is 0 Å². The Morgan fingerprint density at radius 1 is 0.868 bits per heavy atom. The standard InChI is InChI=1S/C24H14Br2Cl2N6O4/c1-3-33-9-6-10-8(5-7(9)30-23(33)35)29-17-13(27)22-18(14(28)21(17)37-10)31-16-11(25)15-19(12(26)20(16)38-22)34(4-2)24(36)32-15/h5-6H,3-4H2,1-2H3,(H,30,35)(H,32,36). The fraction of sp³-hybridized carbons (Fsp3) is 0.167. The summed E-state index contributed by atoms with van der Waals surface area (Å²) in [5.41, 5.74) is 2.92. The third kappa shape index (κ3) is 3.05. The molecule has 192 valence electrons. The highest BCUT2D eigenvalue weighted by molar-refractivity contribution is 9.11. The van der Waals surface area contributed by atoms with Gasteiger partial charge in [0.25, 0.3) is 0 Å². The number of aryl methyl sites for hydroxylation is 2. The molecule has 3 aromatic carbocycles. The van der Waals surface area contributed by atoms with Crippen LogP contribution in [0.15, 0.2) is 40.7 Å². The summed E-state index contributed by atoms with van der Waals surface area (Å²) in [5, 5.41) is 0.856. The summed E-state index contributed by atoms with van der Waals surface area (Å²) in [7, 11) is 0. The van der Waals surface area contributed by atoms with E-state index in [1.165, 1.54) is 0 Å². The van der Waals surface area contributed by atoms with Crippen LogP contribution in [0.2, 0.25) is 10.0 Å². The molecule has 0 atom stereocenters. The van der Waals surface area contributed by atoms with Gasteiger partial charge in [0.2, 0.25) is 0 Å². The van der Waals surface area contributed by atoms with Gasteiger partial charge in [-0.25, -0.2) is 19.6 Å². The number of aromatic nitrogens is 4. The van der Waals surface area contributed by atoms with Crippen molar-refractivity contribution >= 4 is 88.5 Å². The summed E-state index contributed by atoms with van der Waals surface area (Å²) < 4.78 is 16.7. The molecule has 0 spiro atoms. The minimum absolute atomic E-state index is 0.157. The van der Waals surface area contributed by atoms with Crippen molar-refractivity contribution in [2.45, 2.75) is 26.9 Å². The zero-order valence-electron chi connectivity index (χ0n) is 19.5. The van der Waals surface area contributed by atoms with E-state index < -0.39 is 0 Å². The van der Waals surface area contributed by atoms with Gasteiger partial charge in [-0.05, 0) is 51.8 Å². The zero-order valence-corrected chi connectivity index (χ0v) is 24.2. The van der Waals surface area contributed by atoms with Gasteiger partial charge in [0.05, 0.1) is 31.0 Å². The molecular formula is C24H14Br2Cl2N6O4. The normalized spacial score (nSPS) is 13.2. The van der Waals surface area contributed by atoms with Crippen LogP contribution < -0.4 is 31.6 Å².